The molecule has 0 aliphatic carbocycles. The van der Waals surface area contributed by atoms with Gasteiger partial charge in [0.1, 0.15) is 0 Å². The molecule has 0 saturated heterocycles. The van der Waals surface area contributed by atoms with Crippen LogP contribution in [0.25, 0.3) is 9.81 Å². The quantitative estimate of drug-likeness (QED) is 0.316. The molecule has 0 saturated carbocycles. The Hall–Kier alpha value is -1.90. The summed E-state index contributed by atoms with van der Waals surface area (Å²) in [5.41, 5.74) is 6.20. The molecule has 0 amide bonds. The van der Waals surface area contributed by atoms with Crippen molar-refractivity contribution < 1.29 is 0 Å². The van der Waals surface area contributed by atoms with E-state index in [-0.39, 0.29) is 0 Å². The second-order valence-electron chi connectivity index (χ2n) is 6.95. The highest BCUT2D eigenvalue weighted by atomic mass is 32.1. The van der Waals surface area contributed by atoms with Crippen molar-refractivity contribution in [1.29, 1.82) is 0 Å². The highest BCUT2D eigenvalue weighted by Crippen LogP contribution is 2.36. The van der Waals surface area contributed by atoms with Gasteiger partial charge in [-0.2, -0.15) is 0 Å². The Labute approximate surface area is 174 Å². The first-order chi connectivity index (χ1) is 13.1. The number of rotatable bonds is 6. The van der Waals surface area contributed by atoms with Crippen LogP contribution >= 0.6 is 25.3 Å². The zero-order chi connectivity index (χ0) is 19.2. The van der Waals surface area contributed by atoms with Crippen LogP contribution < -0.4 is 0 Å². The summed E-state index contributed by atoms with van der Waals surface area (Å²) in [4.78, 5) is 1.84. The second-order valence-corrected chi connectivity index (χ2v) is 7.85. The molecule has 3 aromatic rings. The molecule has 0 radical (unpaired) electrons. The topological polar surface area (TPSA) is 0 Å². The summed E-state index contributed by atoms with van der Waals surface area (Å²) in [5, 5.41) is 0. The van der Waals surface area contributed by atoms with Gasteiger partial charge < -0.3 is 0 Å². The van der Waals surface area contributed by atoms with Crippen molar-refractivity contribution in [2.75, 3.05) is 0 Å². The van der Waals surface area contributed by atoms with E-state index in [1.54, 1.807) is 0 Å². The molecule has 3 rings (SSSR count). The Morgan fingerprint density at radius 3 is 2.07 bits per heavy atom. The summed E-state index contributed by atoms with van der Waals surface area (Å²) in [6.07, 6.45) is 2.01. The molecule has 2 heteroatoms. The Balaban J connectivity index is 2.09. The lowest BCUT2D eigenvalue weighted by Crippen LogP contribution is -1.99. The highest BCUT2D eigenvalue weighted by Gasteiger charge is 2.13. The summed E-state index contributed by atoms with van der Waals surface area (Å²) in [7, 11) is 0. The minimum absolute atomic E-state index is 0.524. The Morgan fingerprint density at radius 1 is 0.815 bits per heavy atom. The number of benzene rings is 3. The van der Waals surface area contributed by atoms with E-state index in [1.165, 1.54) is 22.3 Å². The highest BCUT2D eigenvalue weighted by molar-refractivity contribution is 7.96. The van der Waals surface area contributed by atoms with Gasteiger partial charge in [0.25, 0.3) is 0 Å². The Kier molecular flexibility index (Phi) is 6.87. The van der Waals surface area contributed by atoms with Crippen LogP contribution in [0, 0.1) is 0 Å². The monoisotopic (exact) mass is 390 g/mol. The molecule has 0 aliphatic rings. The van der Waals surface area contributed by atoms with Crippen LogP contribution in [0.1, 0.15) is 54.0 Å². The van der Waals surface area contributed by atoms with Gasteiger partial charge in [-0.05, 0) is 46.6 Å². The van der Waals surface area contributed by atoms with E-state index in [9.17, 15) is 0 Å². The number of hydrogen-bond donors (Lipinski definition) is 2. The smallest absolute Gasteiger partial charge is 0.0256 e. The van der Waals surface area contributed by atoms with Crippen molar-refractivity contribution >= 4 is 35.1 Å². The van der Waals surface area contributed by atoms with Gasteiger partial charge in [0, 0.05) is 9.81 Å². The summed E-state index contributed by atoms with van der Waals surface area (Å²) < 4.78 is 0. The minimum atomic E-state index is 0.524. The minimum Gasteiger partial charge on any atom is -0.142 e. The molecule has 138 valence electrons. The maximum Gasteiger partial charge on any atom is 0.0256 e. The largest absolute Gasteiger partial charge is 0.142 e. The Bertz CT molecular complexity index is 912. The van der Waals surface area contributed by atoms with E-state index in [2.05, 4.69) is 74.5 Å². The molecular weight excluding hydrogens is 364 g/mol. The first-order valence-electron chi connectivity index (χ1n) is 9.45. The fraction of sp³-hybridized carbons (Fsp3) is 0.200. The SMILES string of the molecule is CCC(C)c1ccc(Cc2ccccc2)c(/C(S)=C(/S)c2ccccc2)c1. The molecule has 0 fully saturated rings. The fourth-order valence-electron chi connectivity index (χ4n) is 3.19. The molecule has 0 spiro atoms. The molecule has 0 nitrogen and oxygen atoms in total. The standard InChI is InChI=1S/C25H26S2/c1-3-18(2)21-14-15-22(16-19-10-6-4-7-11-19)23(17-21)25(27)24(26)20-12-8-5-9-13-20/h4-15,17-18,26-27H,3,16H2,1-2H3/b25-24-. The van der Waals surface area contributed by atoms with E-state index < -0.39 is 0 Å². The molecule has 0 bridgehead atoms. The number of hydrogen-bond acceptors (Lipinski definition) is 2. The molecular formula is C25H26S2. The first kappa shape index (κ1) is 19.9. The lowest BCUT2D eigenvalue weighted by atomic mass is 9.91. The van der Waals surface area contributed by atoms with Gasteiger partial charge >= 0.3 is 0 Å². The maximum absolute atomic E-state index is 4.91. The number of thiol groups is 2. The lowest BCUT2D eigenvalue weighted by molar-refractivity contribution is 0.733. The second kappa shape index (κ2) is 9.34. The third kappa shape index (κ3) is 4.88. The maximum atomic E-state index is 4.91. The van der Waals surface area contributed by atoms with E-state index in [0.717, 1.165) is 28.2 Å². The predicted octanol–water partition coefficient (Wildman–Crippen LogP) is 7.48. The molecule has 1 atom stereocenters. The predicted molar refractivity (Wildman–Crippen MR) is 126 cm³/mol. The average Bonchev–Trinajstić information content (AvgIpc) is 2.73. The van der Waals surface area contributed by atoms with E-state index in [0.29, 0.717) is 5.92 Å². The summed E-state index contributed by atoms with van der Waals surface area (Å²) in [6, 6.07) is 27.6. The van der Waals surface area contributed by atoms with Crippen LogP contribution in [0.4, 0.5) is 0 Å². The summed E-state index contributed by atoms with van der Waals surface area (Å²) >= 11 is 9.72. The lowest BCUT2D eigenvalue weighted by Gasteiger charge is -2.17. The van der Waals surface area contributed by atoms with Crippen molar-refractivity contribution in [3.63, 3.8) is 0 Å². The van der Waals surface area contributed by atoms with Crippen LogP contribution in [0.5, 0.6) is 0 Å². The zero-order valence-corrected chi connectivity index (χ0v) is 17.7. The Morgan fingerprint density at radius 2 is 1.44 bits per heavy atom. The van der Waals surface area contributed by atoms with Gasteiger partial charge in [-0.1, -0.05) is 92.7 Å². The summed E-state index contributed by atoms with van der Waals surface area (Å²) in [5.74, 6) is 0.524. The fourth-order valence-corrected chi connectivity index (χ4v) is 3.79. The van der Waals surface area contributed by atoms with Crippen LogP contribution in [-0.4, -0.2) is 0 Å². The summed E-state index contributed by atoms with van der Waals surface area (Å²) in [6.45, 7) is 4.50. The van der Waals surface area contributed by atoms with Gasteiger partial charge in [-0.15, -0.1) is 25.3 Å². The normalized spacial score (nSPS) is 13.2. The van der Waals surface area contributed by atoms with Crippen molar-refractivity contribution in [2.45, 2.75) is 32.6 Å². The van der Waals surface area contributed by atoms with Crippen molar-refractivity contribution in [3.8, 4) is 0 Å². The molecule has 0 N–H and O–H groups in total. The van der Waals surface area contributed by atoms with Gasteiger partial charge in [0.15, 0.2) is 0 Å². The van der Waals surface area contributed by atoms with Gasteiger partial charge in [-0.3, -0.25) is 0 Å². The molecule has 27 heavy (non-hydrogen) atoms. The average molecular weight is 391 g/mol. The van der Waals surface area contributed by atoms with E-state index in [4.69, 9.17) is 25.3 Å². The zero-order valence-electron chi connectivity index (χ0n) is 15.9. The van der Waals surface area contributed by atoms with Gasteiger partial charge in [0.05, 0.1) is 0 Å². The molecule has 0 aliphatic heterocycles. The third-order valence-corrected chi connectivity index (χ3v) is 6.20. The van der Waals surface area contributed by atoms with Crippen LogP contribution in [-0.2, 0) is 6.42 Å². The van der Waals surface area contributed by atoms with E-state index in [1.807, 2.05) is 18.2 Å². The molecule has 0 aromatic heterocycles. The van der Waals surface area contributed by atoms with Crippen LogP contribution in [0.2, 0.25) is 0 Å². The van der Waals surface area contributed by atoms with Gasteiger partial charge in [0.2, 0.25) is 0 Å². The molecule has 0 heterocycles. The van der Waals surface area contributed by atoms with Gasteiger partial charge in [-0.25, -0.2) is 0 Å². The molecule has 3 aromatic carbocycles. The van der Waals surface area contributed by atoms with E-state index >= 15 is 0 Å². The van der Waals surface area contributed by atoms with Crippen molar-refractivity contribution in [2.24, 2.45) is 0 Å². The van der Waals surface area contributed by atoms with Crippen LogP contribution in [0.15, 0.2) is 78.9 Å². The molecule has 1 unspecified atom stereocenters. The van der Waals surface area contributed by atoms with Crippen molar-refractivity contribution in [3.05, 3.63) is 107 Å². The first-order valence-corrected chi connectivity index (χ1v) is 10.3. The third-order valence-electron chi connectivity index (χ3n) is 5.08. The van der Waals surface area contributed by atoms with Crippen molar-refractivity contribution in [1.82, 2.24) is 0 Å². The van der Waals surface area contributed by atoms with Crippen LogP contribution in [0.3, 0.4) is 0 Å².